The van der Waals surface area contributed by atoms with Crippen LogP contribution < -0.4 is 66.5 Å². The molecule has 6 unspecified atom stereocenters. The summed E-state index contributed by atoms with van der Waals surface area (Å²) in [6.07, 6.45) is -1.71. The minimum absolute atomic E-state index is 0.00137. The Balaban J connectivity index is 0.845. The maximum absolute atomic E-state index is 14.5. The van der Waals surface area contributed by atoms with Crippen LogP contribution in [0.25, 0.3) is 0 Å². The van der Waals surface area contributed by atoms with Crippen molar-refractivity contribution in [1.82, 2.24) is 41.7 Å². The number of rotatable bonds is 8. The number of aliphatic hydroxyl groups excluding tert-OH is 3. The summed E-state index contributed by atoms with van der Waals surface area (Å²) >= 11 is 0. The number of carboxylic acids is 1. The predicted molar refractivity (Wildman–Crippen MR) is 455 cm³/mol. The van der Waals surface area contributed by atoms with Gasteiger partial charge in [-0.1, -0.05) is 80.3 Å². The topological polar surface area (TPSA) is 511 Å². The summed E-state index contributed by atoms with van der Waals surface area (Å²) in [5.74, 6) is -11.5. The first-order chi connectivity index (χ1) is 60.6. The van der Waals surface area contributed by atoms with Gasteiger partial charge in [-0.15, -0.1) is 0 Å². The number of amides is 12. The van der Waals surface area contributed by atoms with E-state index in [-0.39, 0.29) is 156 Å². The highest BCUT2D eigenvalue weighted by Gasteiger charge is 2.47. The molecule has 12 rings (SSSR count). The van der Waals surface area contributed by atoms with Crippen molar-refractivity contribution >= 4 is 112 Å². The number of aliphatic carboxylic acids is 1. The number of benzene rings is 5. The Kier molecular flexibility index (Phi) is 33.3. The van der Waals surface area contributed by atoms with E-state index >= 15 is 0 Å². The summed E-state index contributed by atoms with van der Waals surface area (Å²) in [6.45, 7) is 14.8. The van der Waals surface area contributed by atoms with Crippen molar-refractivity contribution in [1.29, 1.82) is 0 Å². The minimum Gasteiger partial charge on any atom is -0.509 e. The second-order valence-electron chi connectivity index (χ2n) is 30.9. The second-order valence-corrected chi connectivity index (χ2v) is 30.9. The number of ketones is 2. The number of nitrogens with one attached hydrogen (secondary N) is 8. The molecule has 12 amide bonds. The smallest absolute Gasteiger partial charge is 0.416 e. The van der Waals surface area contributed by atoms with E-state index < -0.39 is 162 Å². The lowest BCUT2D eigenvalue weighted by Gasteiger charge is -2.31. The van der Waals surface area contributed by atoms with Crippen LogP contribution in [0.3, 0.4) is 0 Å². The third-order valence-electron chi connectivity index (χ3n) is 21.1. The number of ether oxygens (including phenoxy) is 7. The van der Waals surface area contributed by atoms with Crippen molar-refractivity contribution in [2.45, 2.75) is 154 Å². The highest BCUT2D eigenvalue weighted by atomic mass is 16.6. The van der Waals surface area contributed by atoms with Gasteiger partial charge in [0.1, 0.15) is 62.1 Å². The van der Waals surface area contributed by atoms with Crippen LogP contribution in [0.1, 0.15) is 121 Å². The fourth-order valence-corrected chi connectivity index (χ4v) is 14.3. The van der Waals surface area contributed by atoms with E-state index in [0.717, 1.165) is 22.6 Å². The normalized spacial score (nSPS) is 22.8. The Labute approximate surface area is 730 Å². The van der Waals surface area contributed by atoms with Crippen LogP contribution in [0.15, 0.2) is 158 Å². The van der Waals surface area contributed by atoms with Crippen LogP contribution in [0.5, 0.6) is 17.2 Å². The van der Waals surface area contributed by atoms with E-state index in [2.05, 4.69) is 62.3 Å². The van der Waals surface area contributed by atoms with E-state index in [1.165, 1.54) is 81.0 Å². The molecule has 674 valence electrons. The van der Waals surface area contributed by atoms with Crippen molar-refractivity contribution < 1.29 is 126 Å². The summed E-state index contributed by atoms with van der Waals surface area (Å²) in [5.41, 5.74) is 4.58. The molecule has 2 saturated heterocycles. The van der Waals surface area contributed by atoms with Crippen LogP contribution in [0.4, 0.5) is 32.3 Å². The van der Waals surface area contributed by atoms with E-state index in [0.29, 0.717) is 57.8 Å². The average Bonchev–Trinajstić information content (AvgIpc) is 1.60. The van der Waals surface area contributed by atoms with Gasteiger partial charge in [0.2, 0.25) is 47.3 Å². The number of nitrogens with zero attached hydrogens (tertiary/aromatic N) is 4. The number of methoxy groups -OCH3 is 1. The fourth-order valence-electron chi connectivity index (χ4n) is 14.3. The van der Waals surface area contributed by atoms with Crippen molar-refractivity contribution in [2.75, 3.05) is 80.1 Å². The standard InChI is InChI=1S/C89H102N12O26/c1-49-33-63-43-100-66-39-71(60(44-102)37-64(66)85(116)98(63)41-49)124-47-58-11-9-12-59(36-58)48-125-73-40-67-65(38-72(73)121-8)86(117)99-42-50(2)34-68(99)87(118)101(67)89(120)127-46-57-15-19-61(20-16-57)94-81(112)51(3)35-70(105)53(5)91-76(108)27-31-123-32-28-90-84(115)80(97-75(107)24-25-78(110)111)79(96-74(106)23-14-52(4)103)69(104)13-10-29-122-30-26-77(109)92-54(6)82(113)93-55(7)83(114)95-62-21-17-56(18-22-62)45-126-88(100)119/h9,11-12,14-25,36-40,51,53-55,63,68,79-80,87,102-103,118H,1-2,4,10,13,26-35,41-48H2,3,5-8H3,(H,90,115)(H,91,108)(H,92,109)(H,93,113)(H,94,112)(H,95,114)(H,96,106)(H,97,107)(H,110,111)/b23-14-,25-24-/t51?,53?,54?,55?,63-,68-,79?,80?,87-/m0/s1. The zero-order valence-electron chi connectivity index (χ0n) is 70.6. The second kappa shape index (κ2) is 44.5. The first-order valence-corrected chi connectivity index (χ1v) is 40.8. The van der Waals surface area contributed by atoms with Gasteiger partial charge in [0, 0.05) is 105 Å². The number of hydrogen-bond donors (Lipinski definition) is 12. The van der Waals surface area contributed by atoms with Gasteiger partial charge >= 0.3 is 18.2 Å². The largest absolute Gasteiger partial charge is 0.509 e. The summed E-state index contributed by atoms with van der Waals surface area (Å²) in [5, 5.41) is 61.8. The molecule has 0 radical (unpaired) electrons. The number of Topliss-reactive ketones (excluding diaryl/α,β-unsaturated/α-hetero) is 2. The zero-order valence-corrected chi connectivity index (χ0v) is 70.6. The Morgan fingerprint density at radius 2 is 1.10 bits per heavy atom. The van der Waals surface area contributed by atoms with Crippen LogP contribution in [0.2, 0.25) is 0 Å². The molecule has 7 heterocycles. The maximum atomic E-state index is 14.5. The van der Waals surface area contributed by atoms with E-state index in [1.54, 1.807) is 65.6 Å². The van der Waals surface area contributed by atoms with E-state index in [9.17, 15) is 92.3 Å². The lowest BCUT2D eigenvalue weighted by Crippen LogP contribution is -2.61. The van der Waals surface area contributed by atoms with E-state index in [4.69, 9.17) is 33.2 Å². The molecule has 9 atom stereocenters. The number of anilines is 4. The van der Waals surface area contributed by atoms with Crippen LogP contribution in [-0.2, 0) is 105 Å². The monoisotopic (exact) mass is 1750 g/mol. The van der Waals surface area contributed by atoms with Crippen LogP contribution >= 0.6 is 0 Å². The molecule has 38 heteroatoms. The minimum atomic E-state index is -1.93. The number of aliphatic hydroxyl groups is 3. The van der Waals surface area contributed by atoms with Gasteiger partial charge in [0.25, 0.3) is 11.8 Å². The maximum Gasteiger partial charge on any atom is 0.416 e. The molecule has 12 N–H and O–H groups in total. The highest BCUT2D eigenvalue weighted by Crippen LogP contribution is 2.43. The summed E-state index contributed by atoms with van der Waals surface area (Å²) < 4.78 is 41.5. The molecule has 10 bridgehead atoms. The lowest BCUT2D eigenvalue weighted by atomic mass is 9.98. The lowest BCUT2D eigenvalue weighted by molar-refractivity contribution is -0.134. The first kappa shape index (κ1) is 95.1. The third kappa shape index (κ3) is 26.0. The molecule has 7 aliphatic heterocycles. The Morgan fingerprint density at radius 1 is 0.551 bits per heavy atom. The number of carboxylic acid groups (broad SMARTS) is 1. The molecule has 2 fully saturated rings. The molecule has 5 aromatic carbocycles. The van der Waals surface area contributed by atoms with Gasteiger partial charge in [-0.25, -0.2) is 19.3 Å². The third-order valence-corrected chi connectivity index (χ3v) is 21.1. The van der Waals surface area contributed by atoms with Crippen molar-refractivity contribution in [3.8, 4) is 17.2 Å². The Morgan fingerprint density at radius 3 is 1.73 bits per heavy atom. The van der Waals surface area contributed by atoms with Gasteiger partial charge < -0.3 is 106 Å². The SMILES string of the molecule is C=C(O)/C=C\C(=O)NC1C(=O)CCCOCCC(=O)NC(C)C(=O)NC(C)C(=O)Nc2ccc(cc2)COC(=O)N2C[C@@H]3CC(=C)CN3C(=O)c3cc(CO)c(cc32)OCc2cccc(c2)COc2cc3c(cc2OC)C(=O)N2CC(=C)C[C@H]2[C@H](O)N3C(=O)OCc2ccc(cc2)NC(=O)C(C)CC(=O)C(C)NC(=O)CCOCCNC(=O)C1NC(=O)/C=C\C(=O)O. The predicted octanol–water partition coefficient (Wildman–Crippen LogP) is 5.04. The van der Waals surface area contributed by atoms with Crippen molar-refractivity contribution in [2.24, 2.45) is 5.92 Å². The zero-order chi connectivity index (χ0) is 91.9. The summed E-state index contributed by atoms with van der Waals surface area (Å²) in [7, 11) is 1.37. The van der Waals surface area contributed by atoms with Gasteiger partial charge in [0.05, 0.1) is 80.7 Å². The molecule has 5 aromatic rings. The van der Waals surface area contributed by atoms with Gasteiger partial charge in [-0.2, -0.15) is 0 Å². The van der Waals surface area contributed by atoms with E-state index in [1.807, 2.05) is 0 Å². The molecule has 38 nitrogen and oxygen atoms in total. The van der Waals surface area contributed by atoms with Gasteiger partial charge in [0.15, 0.2) is 29.3 Å². The summed E-state index contributed by atoms with van der Waals surface area (Å²) in [6, 6.07) is 16.8. The summed E-state index contributed by atoms with van der Waals surface area (Å²) in [4.78, 5) is 208. The highest BCUT2D eigenvalue weighted by molar-refractivity contribution is 6.08. The average molecular weight is 1760 g/mol. The molecule has 0 aliphatic carbocycles. The van der Waals surface area contributed by atoms with Gasteiger partial charge in [-0.3, -0.25) is 62.4 Å². The molecular formula is C89H102N12O26. The quantitative estimate of drug-likeness (QED) is 0.0419. The molecule has 0 saturated carbocycles. The Hall–Kier alpha value is -14.1. The molecule has 0 spiro atoms. The number of carbonyl (C=O) groups is 15. The molecule has 7 aliphatic rings. The fraction of sp³-hybridized carbons (Fsp3) is 0.382. The number of hydrogen-bond acceptors (Lipinski definition) is 25. The molecular weight excluding hydrogens is 1650 g/mol. The van der Waals surface area contributed by atoms with Crippen LogP contribution in [0, 0.1) is 5.92 Å². The number of fused-ring (bicyclic) bond motifs is 4. The number of carbonyl (C=O) groups excluding carboxylic acids is 14. The van der Waals surface area contributed by atoms with Crippen LogP contribution in [-0.4, -0.2) is 227 Å². The van der Waals surface area contributed by atoms with Crippen molar-refractivity contribution in [3.63, 3.8) is 0 Å². The molecule has 0 aromatic heterocycles. The van der Waals surface area contributed by atoms with Crippen molar-refractivity contribution in [3.05, 3.63) is 197 Å². The Bertz CT molecular complexity index is 5130. The number of allylic oxidation sites excluding steroid dienone is 1. The van der Waals surface area contributed by atoms with Gasteiger partial charge in [-0.05, 0) is 111 Å². The molecule has 127 heavy (non-hydrogen) atoms. The first-order valence-electron chi connectivity index (χ1n) is 40.8.